The van der Waals surface area contributed by atoms with Gasteiger partial charge in [0.15, 0.2) is 5.16 Å². The fourth-order valence-corrected chi connectivity index (χ4v) is 4.23. The summed E-state index contributed by atoms with van der Waals surface area (Å²) in [4.78, 5) is 17.1. The molecule has 4 rings (SSSR count). The molecule has 0 unspecified atom stereocenters. The third-order valence-corrected chi connectivity index (χ3v) is 6.19. The average molecular weight is 493 g/mol. The van der Waals surface area contributed by atoms with Crippen molar-refractivity contribution in [3.63, 3.8) is 0 Å². The molecule has 1 heterocycles. The summed E-state index contributed by atoms with van der Waals surface area (Å²) in [6.07, 6.45) is 2.58. The fourth-order valence-electron chi connectivity index (χ4n) is 3.30. The Morgan fingerprint density at radius 1 is 1.12 bits per heavy atom. The van der Waals surface area contributed by atoms with Crippen molar-refractivity contribution >= 4 is 46.5 Å². The second-order valence-electron chi connectivity index (χ2n) is 7.60. The molecular formula is C26H25ClN4O2S. The lowest BCUT2D eigenvalue weighted by Crippen LogP contribution is -2.20. The normalized spacial score (nSPS) is 11.2. The molecule has 0 aliphatic heterocycles. The highest BCUT2D eigenvalue weighted by Crippen LogP contribution is 2.25. The van der Waals surface area contributed by atoms with Crippen LogP contribution in [0.5, 0.6) is 5.75 Å². The number of ether oxygens (including phenoxy) is 1. The maximum Gasteiger partial charge on any atom is 0.250 e. The Bertz CT molecular complexity index is 1270. The van der Waals surface area contributed by atoms with E-state index >= 15 is 0 Å². The molecule has 1 N–H and O–H groups in total. The van der Waals surface area contributed by atoms with Crippen molar-refractivity contribution < 1.29 is 9.53 Å². The molecule has 34 heavy (non-hydrogen) atoms. The smallest absolute Gasteiger partial charge is 0.250 e. The Morgan fingerprint density at radius 2 is 1.88 bits per heavy atom. The zero-order chi connectivity index (χ0) is 23.8. The summed E-state index contributed by atoms with van der Waals surface area (Å²) in [7, 11) is 0. The second-order valence-corrected chi connectivity index (χ2v) is 8.97. The van der Waals surface area contributed by atoms with E-state index < -0.39 is 0 Å². The molecule has 0 saturated heterocycles. The minimum atomic E-state index is -0.200. The van der Waals surface area contributed by atoms with Crippen LogP contribution in [0.15, 0.2) is 83.1 Å². The van der Waals surface area contributed by atoms with E-state index in [0.29, 0.717) is 18.2 Å². The van der Waals surface area contributed by atoms with Crippen LogP contribution in [0.2, 0.25) is 5.02 Å². The van der Waals surface area contributed by atoms with Crippen LogP contribution in [0.4, 0.5) is 0 Å². The van der Waals surface area contributed by atoms with Crippen molar-refractivity contribution in [1.82, 2.24) is 15.0 Å². The first kappa shape index (κ1) is 23.9. The molecule has 4 aromatic rings. The van der Waals surface area contributed by atoms with Crippen LogP contribution in [0, 0.1) is 0 Å². The molecular weight excluding hydrogens is 468 g/mol. The number of aromatic nitrogens is 2. The Morgan fingerprint density at radius 3 is 2.65 bits per heavy atom. The second kappa shape index (κ2) is 11.7. The van der Waals surface area contributed by atoms with E-state index in [1.165, 1.54) is 11.8 Å². The summed E-state index contributed by atoms with van der Waals surface area (Å²) < 4.78 is 7.68. The van der Waals surface area contributed by atoms with E-state index in [0.717, 1.165) is 39.5 Å². The van der Waals surface area contributed by atoms with Crippen molar-refractivity contribution in [2.45, 2.75) is 25.0 Å². The van der Waals surface area contributed by atoms with Gasteiger partial charge in [0.05, 0.1) is 36.2 Å². The van der Waals surface area contributed by atoms with Gasteiger partial charge < -0.3 is 9.30 Å². The molecule has 0 fully saturated rings. The molecule has 6 nitrogen and oxygen atoms in total. The Labute approximate surface area is 208 Å². The van der Waals surface area contributed by atoms with Gasteiger partial charge in [0, 0.05) is 5.02 Å². The van der Waals surface area contributed by atoms with Gasteiger partial charge in [0.2, 0.25) is 0 Å². The predicted molar refractivity (Wildman–Crippen MR) is 139 cm³/mol. The maximum atomic E-state index is 12.4. The number of para-hydroxylation sites is 2. The number of halogens is 1. The molecule has 174 valence electrons. The highest BCUT2D eigenvalue weighted by Gasteiger charge is 2.13. The number of nitrogens with one attached hydrogen (secondary N) is 1. The Hall–Kier alpha value is -3.29. The standard InChI is InChI=1S/C26H25ClN4O2S/c1-2-15-33-22-13-9-19(10-14-22)16-28-30-25(32)18-34-26-29-23-5-3-4-6-24(23)31(26)17-20-7-11-21(27)12-8-20/h3-14,16H,2,15,17-18H2,1H3,(H,30,32)/b28-16-. The summed E-state index contributed by atoms with van der Waals surface area (Å²) >= 11 is 7.41. The lowest BCUT2D eigenvalue weighted by Gasteiger charge is -2.09. The molecule has 3 aromatic carbocycles. The monoisotopic (exact) mass is 492 g/mol. The number of carbonyl (C=O) groups is 1. The summed E-state index contributed by atoms with van der Waals surface area (Å²) in [6.45, 7) is 3.39. The quantitative estimate of drug-likeness (QED) is 0.173. The molecule has 0 saturated carbocycles. The van der Waals surface area contributed by atoms with Gasteiger partial charge in [0.1, 0.15) is 5.75 Å². The number of hydrazone groups is 1. The van der Waals surface area contributed by atoms with Crippen LogP contribution in [0.3, 0.4) is 0 Å². The number of hydrogen-bond donors (Lipinski definition) is 1. The molecule has 0 aliphatic rings. The van der Waals surface area contributed by atoms with Gasteiger partial charge in [-0.15, -0.1) is 0 Å². The van der Waals surface area contributed by atoms with Crippen LogP contribution in [-0.2, 0) is 11.3 Å². The number of hydrogen-bond acceptors (Lipinski definition) is 5. The van der Waals surface area contributed by atoms with Crippen LogP contribution in [0.1, 0.15) is 24.5 Å². The van der Waals surface area contributed by atoms with Crippen molar-refractivity contribution in [1.29, 1.82) is 0 Å². The number of fused-ring (bicyclic) bond motifs is 1. The maximum absolute atomic E-state index is 12.4. The first-order valence-electron chi connectivity index (χ1n) is 11.0. The van der Waals surface area contributed by atoms with Gasteiger partial charge in [-0.3, -0.25) is 4.79 Å². The minimum absolute atomic E-state index is 0.199. The molecule has 0 radical (unpaired) electrons. The number of amides is 1. The lowest BCUT2D eigenvalue weighted by atomic mass is 10.2. The number of rotatable bonds is 10. The van der Waals surface area contributed by atoms with E-state index in [9.17, 15) is 4.79 Å². The third kappa shape index (κ3) is 6.40. The first-order chi connectivity index (χ1) is 16.6. The van der Waals surface area contributed by atoms with Gasteiger partial charge in [-0.25, -0.2) is 10.4 Å². The summed E-state index contributed by atoms with van der Waals surface area (Å²) in [5.74, 6) is 0.820. The van der Waals surface area contributed by atoms with Crippen LogP contribution in [-0.4, -0.2) is 34.0 Å². The van der Waals surface area contributed by atoms with Gasteiger partial charge in [-0.05, 0) is 66.1 Å². The van der Waals surface area contributed by atoms with Crippen LogP contribution < -0.4 is 10.2 Å². The molecule has 0 bridgehead atoms. The van der Waals surface area contributed by atoms with Crippen molar-refractivity contribution in [2.24, 2.45) is 5.10 Å². The number of benzene rings is 3. The average Bonchev–Trinajstić information content (AvgIpc) is 3.21. The highest BCUT2D eigenvalue weighted by atomic mass is 35.5. The summed E-state index contributed by atoms with van der Waals surface area (Å²) in [5.41, 5.74) is 6.48. The zero-order valence-corrected chi connectivity index (χ0v) is 20.4. The zero-order valence-electron chi connectivity index (χ0n) is 18.8. The number of imidazole rings is 1. The van der Waals surface area contributed by atoms with E-state index in [4.69, 9.17) is 21.3 Å². The molecule has 0 atom stereocenters. The van der Waals surface area contributed by atoms with E-state index in [2.05, 4.69) is 22.0 Å². The Balaban J connectivity index is 1.37. The Kier molecular flexibility index (Phi) is 8.22. The number of thioether (sulfide) groups is 1. The molecule has 0 spiro atoms. The summed E-state index contributed by atoms with van der Waals surface area (Å²) in [5, 5.41) is 5.55. The van der Waals surface area contributed by atoms with E-state index in [1.54, 1.807) is 6.21 Å². The van der Waals surface area contributed by atoms with Gasteiger partial charge >= 0.3 is 0 Å². The minimum Gasteiger partial charge on any atom is -0.494 e. The predicted octanol–water partition coefficient (Wildman–Crippen LogP) is 5.77. The van der Waals surface area contributed by atoms with Crippen molar-refractivity contribution in [2.75, 3.05) is 12.4 Å². The van der Waals surface area contributed by atoms with Crippen molar-refractivity contribution in [3.05, 3.63) is 88.9 Å². The number of carbonyl (C=O) groups excluding carboxylic acids is 1. The molecule has 0 aliphatic carbocycles. The number of nitrogens with zero attached hydrogens (tertiary/aromatic N) is 3. The van der Waals surface area contributed by atoms with Gasteiger partial charge in [-0.2, -0.15) is 5.10 Å². The fraction of sp³-hybridized carbons (Fsp3) is 0.192. The largest absolute Gasteiger partial charge is 0.494 e. The van der Waals surface area contributed by atoms with Gasteiger partial charge in [0.25, 0.3) is 5.91 Å². The molecule has 8 heteroatoms. The van der Waals surface area contributed by atoms with Crippen LogP contribution in [0.25, 0.3) is 11.0 Å². The van der Waals surface area contributed by atoms with E-state index in [1.807, 2.05) is 72.8 Å². The topological polar surface area (TPSA) is 68.5 Å². The van der Waals surface area contributed by atoms with E-state index in [-0.39, 0.29) is 11.7 Å². The first-order valence-corrected chi connectivity index (χ1v) is 12.4. The molecule has 1 amide bonds. The van der Waals surface area contributed by atoms with Crippen LogP contribution >= 0.6 is 23.4 Å². The van der Waals surface area contributed by atoms with Gasteiger partial charge in [-0.1, -0.05) is 54.6 Å². The van der Waals surface area contributed by atoms with Crippen molar-refractivity contribution in [3.8, 4) is 5.75 Å². The SMILES string of the molecule is CCCOc1ccc(/C=N\NC(=O)CSc2nc3ccccc3n2Cc2ccc(Cl)cc2)cc1. The summed E-state index contributed by atoms with van der Waals surface area (Å²) in [6, 6.07) is 23.3. The third-order valence-electron chi connectivity index (χ3n) is 4.96. The highest BCUT2D eigenvalue weighted by molar-refractivity contribution is 7.99. The molecule has 1 aromatic heterocycles. The lowest BCUT2D eigenvalue weighted by molar-refractivity contribution is -0.118.